The molecule has 2 aromatic rings. The van der Waals surface area contributed by atoms with Crippen LogP contribution in [0.5, 0.6) is 0 Å². The van der Waals surface area contributed by atoms with Crippen LogP contribution < -0.4 is 4.72 Å². The summed E-state index contributed by atoms with van der Waals surface area (Å²) in [5, 5.41) is 0. The largest absolute Gasteiger partial charge is 0.408 e. The Hall–Kier alpha value is -1.92. The average Bonchev–Trinajstić information content (AvgIpc) is 2.58. The van der Waals surface area contributed by atoms with Gasteiger partial charge in [-0.15, -0.1) is 0 Å². The highest BCUT2D eigenvalue weighted by atomic mass is 32.2. The molecule has 0 saturated carbocycles. The molecule has 0 fully saturated rings. The van der Waals surface area contributed by atoms with Crippen molar-refractivity contribution in [2.75, 3.05) is 0 Å². The fourth-order valence-corrected chi connectivity index (χ4v) is 3.03. The van der Waals surface area contributed by atoms with Crippen LogP contribution in [0, 0.1) is 0 Å². The monoisotopic (exact) mass is 381 g/mol. The molecule has 2 aromatic carbocycles. The molecule has 6 heteroatoms. The van der Waals surface area contributed by atoms with Crippen LogP contribution in [0.1, 0.15) is 31.9 Å². The molecular formula is C20H22F3NOS. The van der Waals surface area contributed by atoms with Gasteiger partial charge in [0, 0.05) is 0 Å². The van der Waals surface area contributed by atoms with Gasteiger partial charge in [-0.05, 0) is 43.5 Å². The Labute approximate surface area is 154 Å². The predicted molar refractivity (Wildman–Crippen MR) is 101 cm³/mol. The Balaban J connectivity index is 2.52. The van der Waals surface area contributed by atoms with Gasteiger partial charge in [-0.1, -0.05) is 60.7 Å². The normalized spacial score (nSPS) is 14.5. The molecule has 2 rings (SSSR count). The molecule has 1 unspecified atom stereocenters. The number of rotatable bonds is 5. The number of halogens is 3. The molecule has 0 spiro atoms. The van der Waals surface area contributed by atoms with E-state index in [9.17, 15) is 17.4 Å². The maximum absolute atomic E-state index is 13.6. The van der Waals surface area contributed by atoms with Crippen molar-refractivity contribution in [2.24, 2.45) is 0 Å². The van der Waals surface area contributed by atoms with Crippen molar-refractivity contribution >= 4 is 16.6 Å². The first-order chi connectivity index (χ1) is 12.1. The van der Waals surface area contributed by atoms with Crippen molar-refractivity contribution in [3.63, 3.8) is 0 Å². The number of nitrogens with one attached hydrogen (secondary N) is 1. The smallest absolute Gasteiger partial charge is 0.242 e. The van der Waals surface area contributed by atoms with Gasteiger partial charge in [-0.2, -0.15) is 13.2 Å². The molecule has 140 valence electrons. The summed E-state index contributed by atoms with van der Waals surface area (Å²) in [6.45, 7) is 4.88. The second-order valence-corrected chi connectivity index (χ2v) is 8.83. The van der Waals surface area contributed by atoms with E-state index in [0.717, 1.165) is 6.08 Å². The molecule has 0 saturated heterocycles. The second kappa shape index (κ2) is 8.18. The van der Waals surface area contributed by atoms with Crippen molar-refractivity contribution in [2.45, 2.75) is 37.7 Å². The first-order valence-corrected chi connectivity index (χ1v) is 9.31. The van der Waals surface area contributed by atoms with Crippen LogP contribution in [-0.4, -0.2) is 21.2 Å². The Kier molecular flexibility index (Phi) is 6.42. The molecule has 0 heterocycles. The average molecular weight is 381 g/mol. The van der Waals surface area contributed by atoms with E-state index in [1.807, 2.05) is 0 Å². The zero-order valence-corrected chi connectivity index (χ0v) is 15.7. The SMILES string of the molecule is CC(C)(C)S(=O)N[C@@H](C=C(c1ccccc1)c1ccccc1)C(F)(F)F. The van der Waals surface area contributed by atoms with Gasteiger partial charge in [0.2, 0.25) is 0 Å². The summed E-state index contributed by atoms with van der Waals surface area (Å²) >= 11 is 0. The summed E-state index contributed by atoms with van der Waals surface area (Å²) in [7, 11) is -1.86. The maximum Gasteiger partial charge on any atom is 0.408 e. The lowest BCUT2D eigenvalue weighted by atomic mass is 9.96. The van der Waals surface area contributed by atoms with Gasteiger partial charge in [-0.3, -0.25) is 0 Å². The molecule has 2 atom stereocenters. The van der Waals surface area contributed by atoms with Crippen LogP contribution >= 0.6 is 0 Å². The van der Waals surface area contributed by atoms with E-state index < -0.39 is 28.0 Å². The Morgan fingerprint density at radius 2 is 1.35 bits per heavy atom. The van der Waals surface area contributed by atoms with E-state index in [0.29, 0.717) is 16.7 Å². The molecule has 2 nitrogen and oxygen atoms in total. The lowest BCUT2D eigenvalue weighted by molar-refractivity contribution is -0.140. The highest BCUT2D eigenvalue weighted by Crippen LogP contribution is 2.29. The van der Waals surface area contributed by atoms with E-state index in [-0.39, 0.29) is 0 Å². The zero-order valence-electron chi connectivity index (χ0n) is 14.9. The van der Waals surface area contributed by atoms with Gasteiger partial charge in [0.05, 0.1) is 15.7 Å². The van der Waals surface area contributed by atoms with Crippen LogP contribution in [0.15, 0.2) is 66.7 Å². The minimum atomic E-state index is -4.57. The molecule has 26 heavy (non-hydrogen) atoms. The van der Waals surface area contributed by atoms with Gasteiger partial charge >= 0.3 is 6.18 Å². The minimum absolute atomic E-state index is 0.437. The van der Waals surface area contributed by atoms with E-state index in [4.69, 9.17) is 0 Å². The Morgan fingerprint density at radius 3 is 1.69 bits per heavy atom. The fourth-order valence-electron chi connectivity index (χ4n) is 2.25. The standard InChI is InChI=1S/C20H22F3NOS/c1-19(2,3)26(25)24-18(20(21,22)23)14-17(15-10-6-4-7-11-15)16-12-8-5-9-13-16/h4-14,18,24H,1-3H3/t18-,26?/m0/s1. The van der Waals surface area contributed by atoms with E-state index in [1.54, 1.807) is 81.4 Å². The molecule has 0 bridgehead atoms. The van der Waals surface area contributed by atoms with Crippen LogP contribution in [0.25, 0.3) is 5.57 Å². The van der Waals surface area contributed by atoms with E-state index >= 15 is 0 Å². The summed E-state index contributed by atoms with van der Waals surface area (Å²) in [5.74, 6) is 0. The molecule has 0 aliphatic carbocycles. The van der Waals surface area contributed by atoms with E-state index in [1.165, 1.54) is 0 Å². The lowest BCUT2D eigenvalue weighted by Gasteiger charge is -2.25. The molecule has 0 aliphatic heterocycles. The topological polar surface area (TPSA) is 29.1 Å². The number of hydrogen-bond donors (Lipinski definition) is 1. The summed E-state index contributed by atoms with van der Waals surface area (Å²) < 4.78 is 54.5. The Bertz CT molecular complexity index is 724. The maximum atomic E-state index is 13.6. The molecule has 1 N–H and O–H groups in total. The molecule has 0 aliphatic rings. The molecule has 0 aromatic heterocycles. The summed E-state index contributed by atoms with van der Waals surface area (Å²) in [4.78, 5) is 0. The third kappa shape index (κ3) is 5.54. The van der Waals surface area contributed by atoms with Crippen molar-refractivity contribution in [1.29, 1.82) is 0 Å². The Morgan fingerprint density at radius 1 is 0.923 bits per heavy atom. The number of benzene rings is 2. The highest BCUT2D eigenvalue weighted by Gasteiger charge is 2.41. The van der Waals surface area contributed by atoms with Gasteiger partial charge in [0.1, 0.15) is 6.04 Å². The van der Waals surface area contributed by atoms with Crippen LogP contribution in [0.2, 0.25) is 0 Å². The van der Waals surface area contributed by atoms with Crippen molar-refractivity contribution < 1.29 is 17.4 Å². The van der Waals surface area contributed by atoms with Gasteiger partial charge in [0.25, 0.3) is 0 Å². The van der Waals surface area contributed by atoms with Crippen molar-refractivity contribution in [3.8, 4) is 0 Å². The van der Waals surface area contributed by atoms with Crippen molar-refractivity contribution in [3.05, 3.63) is 77.9 Å². The summed E-state index contributed by atoms with van der Waals surface area (Å²) in [6, 6.07) is 15.7. The number of alkyl halides is 3. The minimum Gasteiger partial charge on any atom is -0.242 e. The molecule has 0 radical (unpaired) electrons. The molecular weight excluding hydrogens is 359 g/mol. The quantitative estimate of drug-likeness (QED) is 0.767. The third-order valence-corrected chi connectivity index (χ3v) is 5.23. The number of hydrogen-bond acceptors (Lipinski definition) is 1. The van der Waals surface area contributed by atoms with Crippen LogP contribution in [-0.2, 0) is 11.0 Å². The third-order valence-electron chi connectivity index (χ3n) is 3.65. The first-order valence-electron chi connectivity index (χ1n) is 8.16. The van der Waals surface area contributed by atoms with Gasteiger partial charge in [-0.25, -0.2) is 8.93 Å². The zero-order chi connectivity index (χ0) is 19.4. The van der Waals surface area contributed by atoms with Gasteiger partial charge in [0.15, 0.2) is 0 Å². The predicted octanol–water partition coefficient (Wildman–Crippen LogP) is 5.10. The fraction of sp³-hybridized carbons (Fsp3) is 0.300. The van der Waals surface area contributed by atoms with Crippen LogP contribution in [0.4, 0.5) is 13.2 Å². The van der Waals surface area contributed by atoms with Gasteiger partial charge < -0.3 is 0 Å². The lowest BCUT2D eigenvalue weighted by Crippen LogP contribution is -2.46. The van der Waals surface area contributed by atoms with Crippen LogP contribution in [0.3, 0.4) is 0 Å². The second-order valence-electron chi connectivity index (χ2n) is 6.83. The summed E-state index contributed by atoms with van der Waals surface area (Å²) in [5.41, 5.74) is 1.76. The molecule has 0 amide bonds. The van der Waals surface area contributed by atoms with Crippen molar-refractivity contribution in [1.82, 2.24) is 4.72 Å². The summed E-state index contributed by atoms with van der Waals surface area (Å²) in [6.07, 6.45) is -3.47. The van der Waals surface area contributed by atoms with E-state index in [2.05, 4.69) is 4.72 Å². The highest BCUT2D eigenvalue weighted by molar-refractivity contribution is 7.84. The first kappa shape index (κ1) is 20.4.